The lowest BCUT2D eigenvalue weighted by Gasteiger charge is -2.03. The minimum Gasteiger partial charge on any atom is -0.469 e. The largest absolute Gasteiger partial charge is 0.469 e. The highest BCUT2D eigenvalue weighted by Crippen LogP contribution is 2.20. The van der Waals surface area contributed by atoms with Crippen LogP contribution in [0.15, 0.2) is 18.3 Å². The summed E-state index contributed by atoms with van der Waals surface area (Å²) in [5, 5.41) is 5.52. The molecule has 0 bridgehead atoms. The van der Waals surface area contributed by atoms with E-state index >= 15 is 0 Å². The average Bonchev–Trinajstić information content (AvgIpc) is 2.79. The Morgan fingerprint density at radius 3 is 2.84 bits per heavy atom. The molecule has 5 nitrogen and oxygen atoms in total. The van der Waals surface area contributed by atoms with E-state index in [2.05, 4.69) is 22.0 Å². The van der Waals surface area contributed by atoms with Crippen molar-refractivity contribution in [1.29, 1.82) is 0 Å². The smallest absolute Gasteiger partial charge is 0.305 e. The lowest BCUT2D eigenvalue weighted by Crippen LogP contribution is -2.02. The molecular weight excluding hydrogens is 244 g/mol. The lowest BCUT2D eigenvalue weighted by molar-refractivity contribution is -0.140. The van der Waals surface area contributed by atoms with Crippen LogP contribution in [-0.2, 0) is 27.4 Å². The minimum absolute atomic E-state index is 0.187. The molecule has 0 fully saturated rings. The summed E-state index contributed by atoms with van der Waals surface area (Å²) in [4.78, 5) is 11.2. The highest BCUT2D eigenvalue weighted by molar-refractivity contribution is 5.82. The van der Waals surface area contributed by atoms with Crippen LogP contribution < -0.4 is 0 Å². The van der Waals surface area contributed by atoms with E-state index in [1.54, 1.807) is 11.8 Å². The first-order valence-electron chi connectivity index (χ1n) is 6.16. The predicted molar refractivity (Wildman–Crippen MR) is 71.8 cm³/mol. The van der Waals surface area contributed by atoms with Crippen LogP contribution in [0.4, 0.5) is 0 Å². The Bertz CT molecular complexity index is 590. The van der Waals surface area contributed by atoms with E-state index in [0.717, 1.165) is 22.0 Å². The number of aromatic nitrogens is 2. The Morgan fingerprint density at radius 2 is 2.16 bits per heavy atom. The van der Waals surface area contributed by atoms with Gasteiger partial charge in [-0.1, -0.05) is 6.07 Å². The number of hydrogen-bond donors (Lipinski definition) is 0. The number of carbonyl (C=O) groups is 1. The van der Waals surface area contributed by atoms with Crippen LogP contribution in [0, 0.1) is 6.92 Å². The Morgan fingerprint density at radius 1 is 1.37 bits per heavy atom. The van der Waals surface area contributed by atoms with Crippen molar-refractivity contribution in [3.05, 3.63) is 29.5 Å². The van der Waals surface area contributed by atoms with Crippen molar-refractivity contribution in [1.82, 2.24) is 9.78 Å². The quantitative estimate of drug-likeness (QED) is 0.774. The molecule has 0 N–H and O–H groups in total. The van der Waals surface area contributed by atoms with Gasteiger partial charge in [0.05, 0.1) is 12.6 Å². The van der Waals surface area contributed by atoms with E-state index in [1.807, 2.05) is 13.1 Å². The van der Waals surface area contributed by atoms with Crippen molar-refractivity contribution < 1.29 is 14.3 Å². The molecule has 1 aromatic carbocycles. The second kappa shape index (κ2) is 5.84. The molecule has 2 rings (SSSR count). The molecule has 5 heteroatoms. The van der Waals surface area contributed by atoms with Crippen LogP contribution in [0.5, 0.6) is 0 Å². The molecule has 102 valence electrons. The predicted octanol–water partition coefficient (Wildman–Crippen LogP) is 2.05. The van der Waals surface area contributed by atoms with Crippen LogP contribution in [0.3, 0.4) is 0 Å². The molecule has 0 saturated carbocycles. The first-order chi connectivity index (χ1) is 9.13. The Labute approximate surface area is 112 Å². The van der Waals surface area contributed by atoms with E-state index in [1.165, 1.54) is 7.11 Å². The molecule has 0 aliphatic heterocycles. The lowest BCUT2D eigenvalue weighted by atomic mass is 10.0. The van der Waals surface area contributed by atoms with Gasteiger partial charge in [-0.3, -0.25) is 4.79 Å². The molecule has 0 spiro atoms. The maximum absolute atomic E-state index is 11.2. The van der Waals surface area contributed by atoms with Gasteiger partial charge in [-0.25, -0.2) is 4.68 Å². The van der Waals surface area contributed by atoms with E-state index < -0.39 is 0 Å². The summed E-state index contributed by atoms with van der Waals surface area (Å²) in [5.41, 5.74) is 3.19. The van der Waals surface area contributed by atoms with Crippen LogP contribution >= 0.6 is 0 Å². The molecule has 0 radical (unpaired) electrons. The van der Waals surface area contributed by atoms with Gasteiger partial charge in [-0.05, 0) is 30.5 Å². The molecule has 2 aromatic rings. The Kier molecular flexibility index (Phi) is 4.16. The fraction of sp³-hybridized carbons (Fsp3) is 0.429. The molecule has 0 atom stereocenters. The monoisotopic (exact) mass is 262 g/mol. The minimum atomic E-state index is -0.187. The number of hydrogen-bond acceptors (Lipinski definition) is 4. The number of aryl methyl sites for hydroxylation is 2. The number of rotatable bonds is 5. The van der Waals surface area contributed by atoms with Gasteiger partial charge >= 0.3 is 5.97 Å². The second-order valence-electron chi connectivity index (χ2n) is 4.51. The zero-order chi connectivity index (χ0) is 13.8. The van der Waals surface area contributed by atoms with E-state index in [9.17, 15) is 4.79 Å². The standard InChI is InChI=1S/C14H18N2O3/c1-10-6-11(4-5-13(17)19-3)7-12-8-16(9-18-2)15-14(10)12/h6-8H,4-5,9H2,1-3H3. The van der Waals surface area contributed by atoms with Gasteiger partial charge in [0, 0.05) is 25.1 Å². The van der Waals surface area contributed by atoms with Crippen molar-refractivity contribution in [3.63, 3.8) is 0 Å². The summed E-state index contributed by atoms with van der Waals surface area (Å²) in [7, 11) is 3.05. The van der Waals surface area contributed by atoms with Gasteiger partial charge in [0.2, 0.25) is 0 Å². The first-order valence-corrected chi connectivity index (χ1v) is 6.16. The number of methoxy groups -OCH3 is 2. The summed E-state index contributed by atoms with van der Waals surface area (Å²) < 4.78 is 11.5. The number of esters is 1. The number of fused-ring (bicyclic) bond motifs is 1. The molecule has 1 aromatic heterocycles. The van der Waals surface area contributed by atoms with Crippen LogP contribution in [0.1, 0.15) is 17.5 Å². The zero-order valence-electron chi connectivity index (χ0n) is 11.5. The molecule has 19 heavy (non-hydrogen) atoms. The van der Waals surface area contributed by atoms with E-state index in [0.29, 0.717) is 19.6 Å². The van der Waals surface area contributed by atoms with Crippen molar-refractivity contribution in [2.75, 3.05) is 14.2 Å². The number of ether oxygens (including phenoxy) is 2. The molecule has 0 aliphatic carbocycles. The van der Waals surface area contributed by atoms with Gasteiger partial charge < -0.3 is 9.47 Å². The fourth-order valence-electron chi connectivity index (χ4n) is 2.13. The summed E-state index contributed by atoms with van der Waals surface area (Å²) in [6, 6.07) is 4.12. The summed E-state index contributed by atoms with van der Waals surface area (Å²) in [6.07, 6.45) is 3.03. The third kappa shape index (κ3) is 3.12. The second-order valence-corrected chi connectivity index (χ2v) is 4.51. The van der Waals surface area contributed by atoms with Crippen molar-refractivity contribution in [3.8, 4) is 0 Å². The molecule has 0 aliphatic rings. The third-order valence-electron chi connectivity index (χ3n) is 3.01. The maximum atomic E-state index is 11.2. The van der Waals surface area contributed by atoms with Crippen molar-refractivity contribution >= 4 is 16.9 Å². The summed E-state index contributed by atoms with van der Waals surface area (Å²) >= 11 is 0. The van der Waals surface area contributed by atoms with Crippen LogP contribution in [-0.4, -0.2) is 30.0 Å². The fourth-order valence-corrected chi connectivity index (χ4v) is 2.13. The number of carbonyl (C=O) groups excluding carboxylic acids is 1. The number of benzene rings is 1. The van der Waals surface area contributed by atoms with Crippen LogP contribution in [0.2, 0.25) is 0 Å². The van der Waals surface area contributed by atoms with Gasteiger partial charge in [-0.2, -0.15) is 5.10 Å². The SMILES string of the molecule is COCn1cc2cc(CCC(=O)OC)cc(C)c2n1. The highest BCUT2D eigenvalue weighted by Gasteiger charge is 2.08. The van der Waals surface area contributed by atoms with Crippen molar-refractivity contribution in [2.24, 2.45) is 0 Å². The third-order valence-corrected chi connectivity index (χ3v) is 3.01. The Hall–Kier alpha value is -1.88. The average molecular weight is 262 g/mol. The highest BCUT2D eigenvalue weighted by atomic mass is 16.5. The van der Waals surface area contributed by atoms with Gasteiger partial charge in [0.1, 0.15) is 6.73 Å². The molecule has 1 heterocycles. The topological polar surface area (TPSA) is 53.4 Å². The number of nitrogens with zero attached hydrogens (tertiary/aromatic N) is 2. The molecule has 0 saturated heterocycles. The molecule has 0 unspecified atom stereocenters. The van der Waals surface area contributed by atoms with E-state index in [4.69, 9.17) is 4.74 Å². The van der Waals surface area contributed by atoms with E-state index in [-0.39, 0.29) is 5.97 Å². The van der Waals surface area contributed by atoms with Crippen molar-refractivity contribution in [2.45, 2.75) is 26.5 Å². The first kappa shape index (κ1) is 13.5. The Balaban J connectivity index is 2.24. The van der Waals surface area contributed by atoms with Gasteiger partial charge in [0.15, 0.2) is 0 Å². The summed E-state index contributed by atoms with van der Waals surface area (Å²) in [5.74, 6) is -0.187. The molecular formula is C14H18N2O3. The maximum Gasteiger partial charge on any atom is 0.305 e. The normalized spacial score (nSPS) is 10.9. The summed E-state index contributed by atoms with van der Waals surface area (Å²) in [6.45, 7) is 2.46. The van der Waals surface area contributed by atoms with Gasteiger partial charge in [-0.15, -0.1) is 0 Å². The van der Waals surface area contributed by atoms with Crippen LogP contribution in [0.25, 0.3) is 10.9 Å². The van der Waals surface area contributed by atoms with Gasteiger partial charge in [0.25, 0.3) is 0 Å². The zero-order valence-corrected chi connectivity index (χ0v) is 11.5. The molecule has 0 amide bonds.